The van der Waals surface area contributed by atoms with Crippen molar-refractivity contribution in [2.24, 2.45) is 4.99 Å². The van der Waals surface area contributed by atoms with Crippen molar-refractivity contribution in [3.63, 3.8) is 0 Å². The van der Waals surface area contributed by atoms with Crippen LogP contribution in [0.4, 0.5) is 0 Å². The zero-order valence-corrected chi connectivity index (χ0v) is 15.9. The maximum absolute atomic E-state index is 5.98. The molecule has 0 saturated carbocycles. The number of fused-ring (bicyclic) bond motifs is 1. The van der Waals surface area contributed by atoms with Gasteiger partial charge in [-0.2, -0.15) is 0 Å². The van der Waals surface area contributed by atoms with E-state index in [0.717, 1.165) is 35.1 Å². The van der Waals surface area contributed by atoms with E-state index in [1.807, 2.05) is 37.3 Å². The van der Waals surface area contributed by atoms with Gasteiger partial charge in [-0.25, -0.2) is 4.99 Å². The Kier molecular flexibility index (Phi) is 6.93. The summed E-state index contributed by atoms with van der Waals surface area (Å²) in [5.74, 6) is 2.34. The number of nitrogens with one attached hydrogen (secondary N) is 2. The number of hydrogen-bond acceptors (Lipinski definition) is 4. The molecule has 2 aromatic carbocycles. The third kappa shape index (κ3) is 5.62. The molecule has 0 fully saturated rings. The molecule has 0 spiro atoms. The van der Waals surface area contributed by atoms with E-state index in [-0.39, 0.29) is 6.10 Å². The van der Waals surface area contributed by atoms with E-state index in [0.29, 0.717) is 26.3 Å². The zero-order chi connectivity index (χ0) is 18.9. The van der Waals surface area contributed by atoms with Crippen LogP contribution in [0.1, 0.15) is 18.1 Å². The molecule has 1 atom stereocenters. The SMILES string of the molecule is CCNC(=NCc1cccc(COC)c1)NCC1COc2ccccc2O1. The molecule has 1 aliphatic heterocycles. The number of para-hydroxylation sites is 2. The lowest BCUT2D eigenvalue weighted by Crippen LogP contribution is -2.45. The van der Waals surface area contributed by atoms with Crippen molar-refractivity contribution in [1.29, 1.82) is 0 Å². The van der Waals surface area contributed by atoms with Gasteiger partial charge in [0.1, 0.15) is 12.7 Å². The van der Waals surface area contributed by atoms with Gasteiger partial charge in [-0.3, -0.25) is 0 Å². The van der Waals surface area contributed by atoms with Gasteiger partial charge in [0.25, 0.3) is 0 Å². The normalized spacial score (nSPS) is 16.1. The number of guanidine groups is 1. The van der Waals surface area contributed by atoms with Gasteiger partial charge in [0, 0.05) is 13.7 Å². The van der Waals surface area contributed by atoms with Gasteiger partial charge in [0.15, 0.2) is 17.5 Å². The fourth-order valence-corrected chi connectivity index (χ4v) is 2.87. The highest BCUT2D eigenvalue weighted by atomic mass is 16.6. The molecule has 0 amide bonds. The average molecular weight is 369 g/mol. The highest BCUT2D eigenvalue weighted by Crippen LogP contribution is 2.30. The van der Waals surface area contributed by atoms with Crippen molar-refractivity contribution in [1.82, 2.24) is 10.6 Å². The van der Waals surface area contributed by atoms with Gasteiger partial charge in [0.2, 0.25) is 0 Å². The Morgan fingerprint density at radius 3 is 2.74 bits per heavy atom. The summed E-state index contributed by atoms with van der Waals surface area (Å²) in [6.07, 6.45) is -0.0613. The van der Waals surface area contributed by atoms with Crippen molar-refractivity contribution in [2.45, 2.75) is 26.2 Å². The zero-order valence-electron chi connectivity index (χ0n) is 15.9. The smallest absolute Gasteiger partial charge is 0.191 e. The predicted octanol–water partition coefficient (Wildman–Crippen LogP) is 2.73. The first kappa shape index (κ1) is 19.0. The van der Waals surface area contributed by atoms with Crippen LogP contribution in [0.5, 0.6) is 11.5 Å². The Morgan fingerprint density at radius 2 is 1.93 bits per heavy atom. The quantitative estimate of drug-likeness (QED) is 0.580. The summed E-state index contributed by atoms with van der Waals surface area (Å²) in [4.78, 5) is 4.67. The lowest BCUT2D eigenvalue weighted by Gasteiger charge is -2.27. The minimum absolute atomic E-state index is 0.0613. The standard InChI is InChI=1S/C21H27N3O3/c1-3-22-21(23-12-16-7-6-8-17(11-16)14-25-2)24-13-18-15-26-19-9-4-5-10-20(19)27-18/h4-11,18H,3,12-15H2,1-2H3,(H2,22,23,24). The summed E-state index contributed by atoms with van der Waals surface area (Å²) in [5.41, 5.74) is 2.29. The van der Waals surface area contributed by atoms with E-state index in [1.165, 1.54) is 0 Å². The molecule has 0 radical (unpaired) electrons. The highest BCUT2D eigenvalue weighted by Gasteiger charge is 2.20. The molecule has 1 heterocycles. The molecule has 1 aliphatic rings. The van der Waals surface area contributed by atoms with Crippen LogP contribution in [0.2, 0.25) is 0 Å². The summed E-state index contributed by atoms with van der Waals surface area (Å²) in [7, 11) is 1.70. The summed E-state index contributed by atoms with van der Waals surface area (Å²) in [6.45, 7) is 5.17. The highest BCUT2D eigenvalue weighted by molar-refractivity contribution is 5.79. The first-order chi connectivity index (χ1) is 13.3. The Hall–Kier alpha value is -2.73. The Bertz CT molecular complexity index is 764. The van der Waals surface area contributed by atoms with Crippen molar-refractivity contribution >= 4 is 5.96 Å². The fourth-order valence-electron chi connectivity index (χ4n) is 2.87. The second-order valence-electron chi connectivity index (χ2n) is 6.33. The number of hydrogen-bond donors (Lipinski definition) is 2. The topological polar surface area (TPSA) is 64.1 Å². The number of benzene rings is 2. The van der Waals surface area contributed by atoms with Gasteiger partial charge >= 0.3 is 0 Å². The first-order valence-electron chi connectivity index (χ1n) is 9.26. The molecule has 2 aromatic rings. The molecule has 1 unspecified atom stereocenters. The number of nitrogens with zero attached hydrogens (tertiary/aromatic N) is 1. The molecule has 2 N–H and O–H groups in total. The molecule has 0 saturated heterocycles. The number of rotatable bonds is 7. The van der Waals surface area contributed by atoms with E-state index >= 15 is 0 Å². The van der Waals surface area contributed by atoms with E-state index in [9.17, 15) is 0 Å². The lowest BCUT2D eigenvalue weighted by molar-refractivity contribution is 0.0936. The third-order valence-electron chi connectivity index (χ3n) is 4.13. The van der Waals surface area contributed by atoms with Gasteiger partial charge in [-0.05, 0) is 30.2 Å². The number of aliphatic imine (C=N–C) groups is 1. The predicted molar refractivity (Wildman–Crippen MR) is 106 cm³/mol. The van der Waals surface area contributed by atoms with Crippen LogP contribution in [-0.2, 0) is 17.9 Å². The van der Waals surface area contributed by atoms with Crippen LogP contribution < -0.4 is 20.1 Å². The van der Waals surface area contributed by atoms with Gasteiger partial charge in [-0.1, -0.05) is 36.4 Å². The van der Waals surface area contributed by atoms with Crippen molar-refractivity contribution < 1.29 is 14.2 Å². The van der Waals surface area contributed by atoms with Crippen LogP contribution in [0.3, 0.4) is 0 Å². The maximum Gasteiger partial charge on any atom is 0.191 e. The Labute approximate surface area is 160 Å². The summed E-state index contributed by atoms with van der Waals surface area (Å²) < 4.78 is 16.9. The summed E-state index contributed by atoms with van der Waals surface area (Å²) >= 11 is 0. The second-order valence-corrected chi connectivity index (χ2v) is 6.33. The van der Waals surface area contributed by atoms with Crippen molar-refractivity contribution in [3.8, 4) is 11.5 Å². The Balaban J connectivity index is 1.56. The van der Waals surface area contributed by atoms with Crippen LogP contribution in [0.15, 0.2) is 53.5 Å². The van der Waals surface area contributed by atoms with Gasteiger partial charge in [-0.15, -0.1) is 0 Å². The van der Waals surface area contributed by atoms with Crippen LogP contribution in [0, 0.1) is 0 Å². The number of methoxy groups -OCH3 is 1. The minimum Gasteiger partial charge on any atom is -0.486 e. The van der Waals surface area contributed by atoms with Gasteiger partial charge < -0.3 is 24.8 Å². The first-order valence-corrected chi connectivity index (χ1v) is 9.26. The largest absolute Gasteiger partial charge is 0.486 e. The van der Waals surface area contributed by atoms with Gasteiger partial charge in [0.05, 0.1) is 19.7 Å². The second kappa shape index (κ2) is 9.83. The molecule has 144 valence electrons. The molecular weight excluding hydrogens is 342 g/mol. The molecule has 27 heavy (non-hydrogen) atoms. The molecule has 6 heteroatoms. The maximum atomic E-state index is 5.98. The molecular formula is C21H27N3O3. The Morgan fingerprint density at radius 1 is 1.11 bits per heavy atom. The molecule has 3 rings (SSSR count). The van der Waals surface area contributed by atoms with E-state index < -0.39 is 0 Å². The fraction of sp³-hybridized carbons (Fsp3) is 0.381. The van der Waals surface area contributed by atoms with Crippen LogP contribution in [0.25, 0.3) is 0 Å². The van der Waals surface area contributed by atoms with E-state index in [1.54, 1.807) is 7.11 Å². The van der Waals surface area contributed by atoms with E-state index in [2.05, 4.69) is 33.8 Å². The third-order valence-corrected chi connectivity index (χ3v) is 4.13. The molecule has 0 aromatic heterocycles. The summed E-state index contributed by atoms with van der Waals surface area (Å²) in [6, 6.07) is 16.0. The van der Waals surface area contributed by atoms with E-state index in [4.69, 9.17) is 14.2 Å². The molecule has 0 bridgehead atoms. The number of ether oxygens (including phenoxy) is 3. The average Bonchev–Trinajstić information content (AvgIpc) is 2.70. The van der Waals surface area contributed by atoms with Crippen LogP contribution in [-0.4, -0.2) is 38.9 Å². The summed E-state index contributed by atoms with van der Waals surface area (Å²) in [5, 5.41) is 6.61. The lowest BCUT2D eigenvalue weighted by atomic mass is 10.1. The van der Waals surface area contributed by atoms with Crippen molar-refractivity contribution in [2.75, 3.05) is 26.8 Å². The van der Waals surface area contributed by atoms with Crippen molar-refractivity contribution in [3.05, 3.63) is 59.7 Å². The monoisotopic (exact) mass is 369 g/mol. The molecule has 6 nitrogen and oxygen atoms in total. The minimum atomic E-state index is -0.0613. The van der Waals surface area contributed by atoms with Crippen LogP contribution >= 0.6 is 0 Å². The molecule has 0 aliphatic carbocycles.